The number of amidine groups is 1. The average molecular weight is 656 g/mol. The summed E-state index contributed by atoms with van der Waals surface area (Å²) in [7, 11) is 0. The Kier molecular flexibility index (Phi) is 10.3. The van der Waals surface area contributed by atoms with E-state index in [0.29, 0.717) is 66.0 Å². The molecule has 1 N–H and O–H groups in total. The van der Waals surface area contributed by atoms with Crippen LogP contribution in [0, 0.1) is 18.2 Å². The van der Waals surface area contributed by atoms with Crippen LogP contribution in [0.3, 0.4) is 0 Å². The van der Waals surface area contributed by atoms with E-state index >= 15 is 0 Å². The summed E-state index contributed by atoms with van der Waals surface area (Å²) in [4.78, 5) is 40.6. The maximum absolute atomic E-state index is 14.8. The van der Waals surface area contributed by atoms with E-state index in [9.17, 15) is 14.0 Å². The molecule has 2 aromatic rings. The standard InChI is InChI=1S/C34H46FN5O5S/c1-8-43-31(41)27-24(37-29(30-36-13-17-46-30)38-28(27)22-10-9-11-23(35)21(22)2)18-40-15-16-44-26-19-39(14-12-25(26)40)20-34(6,7)32(42)45-33(3,4)5/h9-11,13,17,25-26,28H,8,12,14-16,18-20H2,1-7H3,(H,37,38)/t25-,26+,28-/m0/s1. The van der Waals surface area contributed by atoms with Crippen LogP contribution in [0.25, 0.3) is 0 Å². The molecule has 3 aliphatic rings. The molecule has 1 aromatic carbocycles. The number of rotatable bonds is 9. The second-order valence-corrected chi connectivity index (χ2v) is 14.7. The number of aromatic nitrogens is 1. The maximum atomic E-state index is 14.8. The third kappa shape index (κ3) is 7.67. The molecule has 12 heteroatoms. The summed E-state index contributed by atoms with van der Waals surface area (Å²) in [6.07, 6.45) is 2.47. The fourth-order valence-corrected chi connectivity index (χ4v) is 6.97. The molecule has 4 heterocycles. The van der Waals surface area contributed by atoms with Crippen LogP contribution in [0.2, 0.25) is 0 Å². The molecule has 3 aliphatic heterocycles. The quantitative estimate of drug-likeness (QED) is 0.387. The SMILES string of the molecule is CCOC(=O)C1=C(CN2CCO[C@@H]3CN(CC(C)(C)C(=O)OC(C)(C)C)CC[C@@H]32)NC(c2nccs2)=N[C@H]1c1cccc(F)c1C. The van der Waals surface area contributed by atoms with Crippen molar-refractivity contribution >= 4 is 29.1 Å². The first-order valence-corrected chi connectivity index (χ1v) is 16.9. The van der Waals surface area contributed by atoms with Gasteiger partial charge >= 0.3 is 11.9 Å². The zero-order chi connectivity index (χ0) is 33.2. The first-order chi connectivity index (χ1) is 21.8. The lowest BCUT2D eigenvalue weighted by atomic mass is 9.89. The minimum absolute atomic E-state index is 0.0690. The number of ether oxygens (including phenoxy) is 3. The van der Waals surface area contributed by atoms with Gasteiger partial charge in [0.25, 0.3) is 0 Å². The number of hydrogen-bond donors (Lipinski definition) is 1. The third-order valence-corrected chi connectivity index (χ3v) is 9.36. The number of hydrogen-bond acceptors (Lipinski definition) is 11. The number of carbonyl (C=O) groups excluding carboxylic acids is 2. The van der Waals surface area contributed by atoms with Gasteiger partial charge in [0.2, 0.25) is 0 Å². The minimum Gasteiger partial charge on any atom is -0.463 e. The monoisotopic (exact) mass is 655 g/mol. The number of thiazole rings is 1. The molecule has 2 saturated heterocycles. The summed E-state index contributed by atoms with van der Waals surface area (Å²) in [6.45, 7) is 16.9. The normalized spacial score (nSPS) is 23.0. The number of esters is 2. The van der Waals surface area contributed by atoms with Crippen LogP contribution in [0.1, 0.15) is 70.1 Å². The highest BCUT2D eigenvalue weighted by Crippen LogP contribution is 2.36. The van der Waals surface area contributed by atoms with Crippen LogP contribution in [0.5, 0.6) is 0 Å². The summed E-state index contributed by atoms with van der Waals surface area (Å²) < 4.78 is 32.4. The molecule has 0 spiro atoms. The number of piperidine rings is 1. The summed E-state index contributed by atoms with van der Waals surface area (Å²) in [5, 5.41) is 5.98. The lowest BCUT2D eigenvalue weighted by Gasteiger charge is -2.48. The van der Waals surface area contributed by atoms with Crippen molar-refractivity contribution in [3.8, 4) is 0 Å². The number of nitrogens with zero attached hydrogens (tertiary/aromatic N) is 4. The highest BCUT2D eigenvalue weighted by Gasteiger charge is 2.42. The molecule has 0 saturated carbocycles. The Morgan fingerprint density at radius 1 is 1.20 bits per heavy atom. The largest absolute Gasteiger partial charge is 0.463 e. The number of halogens is 1. The van der Waals surface area contributed by atoms with E-state index in [-0.39, 0.29) is 30.5 Å². The molecule has 0 aliphatic carbocycles. The van der Waals surface area contributed by atoms with Crippen molar-refractivity contribution < 1.29 is 28.2 Å². The molecule has 0 amide bonds. The Morgan fingerprint density at radius 2 is 1.98 bits per heavy atom. The molecule has 0 radical (unpaired) electrons. The van der Waals surface area contributed by atoms with Crippen LogP contribution in [-0.2, 0) is 23.8 Å². The van der Waals surface area contributed by atoms with Gasteiger partial charge < -0.3 is 19.5 Å². The predicted octanol–water partition coefficient (Wildman–Crippen LogP) is 4.64. The molecular weight excluding hydrogens is 609 g/mol. The number of benzene rings is 1. The van der Waals surface area contributed by atoms with Gasteiger partial charge in [-0.05, 0) is 78.6 Å². The summed E-state index contributed by atoms with van der Waals surface area (Å²) in [5.41, 5.74) is 0.865. The first-order valence-electron chi connectivity index (χ1n) is 16.0. The van der Waals surface area contributed by atoms with Crippen molar-refractivity contribution in [2.24, 2.45) is 10.4 Å². The van der Waals surface area contributed by atoms with Gasteiger partial charge in [-0.15, -0.1) is 11.3 Å². The van der Waals surface area contributed by atoms with E-state index < -0.39 is 23.0 Å². The molecule has 0 unspecified atom stereocenters. The van der Waals surface area contributed by atoms with E-state index in [1.807, 2.05) is 46.1 Å². The van der Waals surface area contributed by atoms with Gasteiger partial charge in [0.15, 0.2) is 10.8 Å². The van der Waals surface area contributed by atoms with Crippen LogP contribution in [0.15, 0.2) is 46.0 Å². The highest BCUT2D eigenvalue weighted by atomic mass is 32.1. The van der Waals surface area contributed by atoms with Gasteiger partial charge in [-0.1, -0.05) is 12.1 Å². The van der Waals surface area contributed by atoms with Gasteiger partial charge in [0, 0.05) is 49.5 Å². The molecule has 5 rings (SSSR count). The summed E-state index contributed by atoms with van der Waals surface area (Å²) in [5.74, 6) is -0.513. The second kappa shape index (κ2) is 13.9. The Balaban J connectivity index is 1.41. The molecule has 46 heavy (non-hydrogen) atoms. The van der Waals surface area contributed by atoms with Gasteiger partial charge in [-0.3, -0.25) is 19.6 Å². The highest BCUT2D eigenvalue weighted by molar-refractivity contribution is 7.11. The Labute approximate surface area is 275 Å². The molecule has 0 bridgehead atoms. The van der Waals surface area contributed by atoms with Crippen molar-refractivity contribution in [2.75, 3.05) is 45.9 Å². The third-order valence-electron chi connectivity index (χ3n) is 8.58. The number of morpholine rings is 1. The molecule has 2 fully saturated rings. The van der Waals surface area contributed by atoms with Crippen LogP contribution >= 0.6 is 11.3 Å². The van der Waals surface area contributed by atoms with Crippen molar-refractivity contribution in [3.63, 3.8) is 0 Å². The van der Waals surface area contributed by atoms with Crippen molar-refractivity contribution in [3.05, 3.63) is 63.0 Å². The number of fused-ring (bicyclic) bond motifs is 1. The van der Waals surface area contributed by atoms with Gasteiger partial charge in [-0.25, -0.2) is 14.2 Å². The minimum atomic E-state index is -0.765. The molecule has 250 valence electrons. The van der Waals surface area contributed by atoms with Gasteiger partial charge in [-0.2, -0.15) is 0 Å². The van der Waals surface area contributed by atoms with Crippen molar-refractivity contribution in [1.29, 1.82) is 0 Å². The fraction of sp³-hybridized carbons (Fsp3) is 0.588. The smallest absolute Gasteiger partial charge is 0.338 e. The van der Waals surface area contributed by atoms with Gasteiger partial charge in [0.05, 0.1) is 30.3 Å². The molecule has 10 nitrogen and oxygen atoms in total. The Morgan fingerprint density at radius 3 is 2.67 bits per heavy atom. The Hall–Kier alpha value is -3.19. The maximum Gasteiger partial charge on any atom is 0.338 e. The summed E-state index contributed by atoms with van der Waals surface area (Å²) in [6, 6.07) is 4.20. The van der Waals surface area contributed by atoms with E-state index in [1.165, 1.54) is 17.4 Å². The zero-order valence-corrected chi connectivity index (χ0v) is 28.7. The number of carbonyl (C=O) groups is 2. The summed E-state index contributed by atoms with van der Waals surface area (Å²) >= 11 is 1.44. The Bertz CT molecular complexity index is 1490. The van der Waals surface area contributed by atoms with E-state index in [0.717, 1.165) is 13.0 Å². The van der Waals surface area contributed by atoms with Crippen LogP contribution in [-0.4, -0.2) is 96.2 Å². The molecular formula is C34H46FN5O5S. The number of nitrogens with one attached hydrogen (secondary N) is 1. The van der Waals surface area contributed by atoms with E-state index in [4.69, 9.17) is 19.2 Å². The topological polar surface area (TPSA) is 106 Å². The second-order valence-electron chi connectivity index (χ2n) is 13.8. The predicted molar refractivity (Wildman–Crippen MR) is 175 cm³/mol. The fourth-order valence-electron chi connectivity index (χ4n) is 6.38. The molecule has 3 atom stereocenters. The number of aliphatic imine (C=N–C) groups is 1. The van der Waals surface area contributed by atoms with E-state index in [2.05, 4.69) is 20.1 Å². The van der Waals surface area contributed by atoms with Gasteiger partial charge in [0.1, 0.15) is 17.5 Å². The van der Waals surface area contributed by atoms with Crippen molar-refractivity contribution in [1.82, 2.24) is 20.1 Å². The zero-order valence-electron chi connectivity index (χ0n) is 27.9. The lowest BCUT2D eigenvalue weighted by Crippen LogP contribution is -2.61. The average Bonchev–Trinajstić information content (AvgIpc) is 3.53. The first kappa shape index (κ1) is 34.2. The van der Waals surface area contributed by atoms with Crippen LogP contribution in [0.4, 0.5) is 4.39 Å². The van der Waals surface area contributed by atoms with Crippen molar-refractivity contribution in [2.45, 2.75) is 78.7 Å². The van der Waals surface area contributed by atoms with E-state index in [1.54, 1.807) is 26.1 Å². The molecule has 1 aromatic heterocycles. The lowest BCUT2D eigenvalue weighted by molar-refractivity contribution is -0.168. The van der Waals surface area contributed by atoms with Crippen LogP contribution < -0.4 is 5.32 Å². The number of likely N-dealkylation sites (tertiary alicyclic amines) is 1.